The Balaban J connectivity index is 1.24. The van der Waals surface area contributed by atoms with E-state index in [1.807, 2.05) is 49.1 Å². The van der Waals surface area contributed by atoms with E-state index >= 15 is 0 Å². The summed E-state index contributed by atoms with van der Waals surface area (Å²) in [5.74, 6) is 2.12. The van der Waals surface area contributed by atoms with Gasteiger partial charge >= 0.3 is 0 Å². The van der Waals surface area contributed by atoms with E-state index in [9.17, 15) is 4.79 Å². The van der Waals surface area contributed by atoms with Crippen LogP contribution in [0.5, 0.6) is 0 Å². The molecule has 5 rings (SSSR count). The minimum absolute atomic E-state index is 0.0785. The molecule has 1 atom stereocenters. The van der Waals surface area contributed by atoms with Gasteiger partial charge in [-0.05, 0) is 27.3 Å². The summed E-state index contributed by atoms with van der Waals surface area (Å²) in [7, 11) is 2.08. The van der Waals surface area contributed by atoms with Crippen molar-refractivity contribution in [1.29, 1.82) is 0 Å². The predicted octanol–water partition coefficient (Wildman–Crippen LogP) is 2.79. The number of nitrogens with zero attached hydrogens (tertiary/aromatic N) is 5. The maximum absolute atomic E-state index is 12.7. The lowest BCUT2D eigenvalue weighted by atomic mass is 9.77. The lowest BCUT2D eigenvalue weighted by Crippen LogP contribution is -2.59. The van der Waals surface area contributed by atoms with Crippen molar-refractivity contribution in [3.05, 3.63) is 53.2 Å². The molecular weight excluding hydrogens is 382 g/mol. The molecule has 0 saturated carbocycles. The molecule has 2 aromatic heterocycles. The smallest absolute Gasteiger partial charge is 0.244 e. The minimum Gasteiger partial charge on any atom is -0.361 e. The minimum atomic E-state index is 0.0785. The SMILES string of the molecule is Cc1noc(C)c1CC(=O)N1CC2(CC(c3nc(-c4ccccc4)no3)N(C)C2)C1. The fourth-order valence-electron chi connectivity index (χ4n) is 4.81. The highest BCUT2D eigenvalue weighted by molar-refractivity contribution is 5.80. The number of aromatic nitrogens is 3. The zero-order chi connectivity index (χ0) is 20.9. The topological polar surface area (TPSA) is 88.5 Å². The molecule has 156 valence electrons. The first-order valence-electron chi connectivity index (χ1n) is 10.2. The molecular formula is C22H25N5O3. The van der Waals surface area contributed by atoms with Crippen LogP contribution in [0.3, 0.4) is 0 Å². The third-order valence-electron chi connectivity index (χ3n) is 6.42. The van der Waals surface area contributed by atoms with Crippen molar-refractivity contribution >= 4 is 5.91 Å². The first-order chi connectivity index (χ1) is 14.4. The Hall–Kier alpha value is -3.00. The van der Waals surface area contributed by atoms with E-state index in [0.29, 0.717) is 18.1 Å². The molecule has 2 aliphatic heterocycles. The first-order valence-corrected chi connectivity index (χ1v) is 10.2. The van der Waals surface area contributed by atoms with Crippen molar-refractivity contribution in [2.45, 2.75) is 32.7 Å². The Morgan fingerprint density at radius 3 is 2.60 bits per heavy atom. The Morgan fingerprint density at radius 1 is 1.13 bits per heavy atom. The van der Waals surface area contributed by atoms with E-state index in [4.69, 9.17) is 9.05 Å². The average Bonchev–Trinajstić information content (AvgIpc) is 3.41. The van der Waals surface area contributed by atoms with Crippen LogP contribution < -0.4 is 0 Å². The van der Waals surface area contributed by atoms with Gasteiger partial charge in [-0.2, -0.15) is 4.98 Å². The molecule has 30 heavy (non-hydrogen) atoms. The normalized spacial score (nSPS) is 20.6. The number of hydrogen-bond acceptors (Lipinski definition) is 7. The second-order valence-corrected chi connectivity index (χ2v) is 8.69. The summed E-state index contributed by atoms with van der Waals surface area (Å²) in [6, 6.07) is 9.92. The van der Waals surface area contributed by atoms with Crippen molar-refractivity contribution in [2.75, 3.05) is 26.7 Å². The summed E-state index contributed by atoms with van der Waals surface area (Å²) in [5.41, 5.74) is 2.74. The highest BCUT2D eigenvalue weighted by Gasteiger charge is 2.53. The molecule has 0 N–H and O–H groups in total. The number of carbonyl (C=O) groups excluding carboxylic acids is 1. The van der Waals surface area contributed by atoms with Crippen LogP contribution >= 0.6 is 0 Å². The first kappa shape index (κ1) is 19.0. The van der Waals surface area contributed by atoms with E-state index < -0.39 is 0 Å². The summed E-state index contributed by atoms with van der Waals surface area (Å²) in [6.45, 7) is 6.16. The second-order valence-electron chi connectivity index (χ2n) is 8.69. The standard InChI is InChI=1S/C22H25N5O3/c1-14-17(15(2)29-24-14)9-19(28)27-12-22(13-27)10-18(26(3)11-22)21-23-20(25-30-21)16-7-5-4-6-8-16/h4-8,18H,9-13H2,1-3H3. The number of aryl methyl sites for hydroxylation is 2. The quantitative estimate of drug-likeness (QED) is 0.657. The van der Waals surface area contributed by atoms with E-state index in [2.05, 4.69) is 27.2 Å². The van der Waals surface area contributed by atoms with Gasteiger partial charge in [0, 0.05) is 36.2 Å². The van der Waals surface area contributed by atoms with Gasteiger partial charge in [0.2, 0.25) is 17.6 Å². The van der Waals surface area contributed by atoms with Crippen LogP contribution in [0.2, 0.25) is 0 Å². The summed E-state index contributed by atoms with van der Waals surface area (Å²) in [5, 5.41) is 8.11. The molecule has 2 saturated heterocycles. The zero-order valence-electron chi connectivity index (χ0n) is 17.5. The third-order valence-corrected chi connectivity index (χ3v) is 6.42. The van der Waals surface area contributed by atoms with Gasteiger partial charge in [-0.3, -0.25) is 9.69 Å². The van der Waals surface area contributed by atoms with Gasteiger partial charge in [0.15, 0.2) is 0 Å². The molecule has 0 bridgehead atoms. The molecule has 8 heteroatoms. The van der Waals surface area contributed by atoms with Gasteiger partial charge in [-0.1, -0.05) is 40.6 Å². The van der Waals surface area contributed by atoms with Gasteiger partial charge in [0.25, 0.3) is 0 Å². The van der Waals surface area contributed by atoms with Crippen LogP contribution in [0.4, 0.5) is 0 Å². The fraction of sp³-hybridized carbons (Fsp3) is 0.455. The lowest BCUT2D eigenvalue weighted by molar-refractivity contribution is -0.141. The van der Waals surface area contributed by atoms with Crippen LogP contribution in [-0.2, 0) is 11.2 Å². The van der Waals surface area contributed by atoms with Gasteiger partial charge in [-0.25, -0.2) is 0 Å². The molecule has 1 aromatic carbocycles. The summed E-state index contributed by atoms with van der Waals surface area (Å²) in [4.78, 5) is 21.6. The van der Waals surface area contributed by atoms with Crippen LogP contribution in [0.1, 0.15) is 35.4 Å². The van der Waals surface area contributed by atoms with Gasteiger partial charge in [0.1, 0.15) is 5.76 Å². The number of hydrogen-bond donors (Lipinski definition) is 0. The Bertz CT molecular complexity index is 1050. The number of benzene rings is 1. The van der Waals surface area contributed by atoms with Crippen molar-refractivity contribution in [3.63, 3.8) is 0 Å². The summed E-state index contributed by atoms with van der Waals surface area (Å²) >= 11 is 0. The van der Waals surface area contributed by atoms with E-state index in [0.717, 1.165) is 48.6 Å². The maximum atomic E-state index is 12.7. The molecule has 4 heterocycles. The third kappa shape index (κ3) is 3.21. The van der Waals surface area contributed by atoms with Crippen molar-refractivity contribution in [2.24, 2.45) is 5.41 Å². The Kier molecular flexibility index (Phi) is 4.47. The monoisotopic (exact) mass is 407 g/mol. The van der Waals surface area contributed by atoms with Crippen molar-refractivity contribution < 1.29 is 13.8 Å². The zero-order valence-corrected chi connectivity index (χ0v) is 17.5. The maximum Gasteiger partial charge on any atom is 0.244 e. The highest BCUT2D eigenvalue weighted by Crippen LogP contribution is 2.47. The molecule has 1 spiro atoms. The summed E-state index contributed by atoms with van der Waals surface area (Å²) < 4.78 is 10.8. The predicted molar refractivity (Wildman–Crippen MR) is 108 cm³/mol. The number of rotatable bonds is 4. The Labute approximate surface area is 174 Å². The number of likely N-dealkylation sites (tertiary alicyclic amines) is 2. The van der Waals surface area contributed by atoms with Crippen molar-refractivity contribution in [3.8, 4) is 11.4 Å². The van der Waals surface area contributed by atoms with Crippen LogP contribution in [-0.4, -0.2) is 57.7 Å². The number of amides is 1. The van der Waals surface area contributed by atoms with Gasteiger partial charge in [0.05, 0.1) is 18.2 Å². The van der Waals surface area contributed by atoms with E-state index in [1.165, 1.54) is 0 Å². The van der Waals surface area contributed by atoms with E-state index in [1.54, 1.807) is 0 Å². The molecule has 0 aliphatic carbocycles. The molecule has 2 aliphatic rings. The highest BCUT2D eigenvalue weighted by atomic mass is 16.5. The molecule has 1 amide bonds. The van der Waals surface area contributed by atoms with Crippen LogP contribution in [0.15, 0.2) is 39.4 Å². The summed E-state index contributed by atoms with van der Waals surface area (Å²) in [6.07, 6.45) is 1.26. The number of carbonyl (C=O) groups is 1. The van der Waals surface area contributed by atoms with Crippen LogP contribution in [0.25, 0.3) is 11.4 Å². The average molecular weight is 407 g/mol. The molecule has 0 radical (unpaired) electrons. The van der Waals surface area contributed by atoms with E-state index in [-0.39, 0.29) is 17.4 Å². The van der Waals surface area contributed by atoms with Gasteiger partial charge in [-0.15, -0.1) is 0 Å². The second kappa shape index (κ2) is 7.05. The largest absolute Gasteiger partial charge is 0.361 e. The van der Waals surface area contributed by atoms with Crippen molar-refractivity contribution in [1.82, 2.24) is 25.1 Å². The van der Waals surface area contributed by atoms with Gasteiger partial charge < -0.3 is 13.9 Å². The molecule has 8 nitrogen and oxygen atoms in total. The lowest BCUT2D eigenvalue weighted by Gasteiger charge is -2.48. The fourth-order valence-corrected chi connectivity index (χ4v) is 4.81. The molecule has 3 aromatic rings. The molecule has 1 unspecified atom stereocenters. The molecule has 2 fully saturated rings. The van der Waals surface area contributed by atoms with Crippen LogP contribution in [0, 0.1) is 19.3 Å². The Morgan fingerprint density at radius 2 is 1.90 bits per heavy atom.